The van der Waals surface area contributed by atoms with Crippen LogP contribution in [-0.2, 0) is 17.1 Å². The van der Waals surface area contributed by atoms with Gasteiger partial charge < -0.3 is 9.88 Å². The van der Waals surface area contributed by atoms with E-state index in [-0.39, 0.29) is 16.4 Å². The van der Waals surface area contributed by atoms with Crippen molar-refractivity contribution in [3.05, 3.63) is 63.4 Å². The minimum absolute atomic E-state index is 0.140. The lowest BCUT2D eigenvalue weighted by atomic mass is 10.2. The van der Waals surface area contributed by atoms with E-state index >= 15 is 0 Å². The lowest BCUT2D eigenvalue weighted by Gasteiger charge is -2.15. The Balaban J connectivity index is 2.03. The zero-order chi connectivity index (χ0) is 20.6. The quantitative estimate of drug-likeness (QED) is 0.491. The van der Waals surface area contributed by atoms with E-state index in [9.17, 15) is 21.6 Å². The number of aryl methyl sites for hydroxylation is 2. The molecule has 2 aromatic carbocycles. The number of halogens is 4. The van der Waals surface area contributed by atoms with Crippen molar-refractivity contribution in [2.24, 2.45) is 7.05 Å². The van der Waals surface area contributed by atoms with Crippen molar-refractivity contribution in [1.82, 2.24) is 9.55 Å². The molecule has 0 amide bonds. The number of aromatic nitrogens is 2. The Morgan fingerprint density at radius 3 is 2.36 bits per heavy atom. The van der Waals surface area contributed by atoms with Crippen LogP contribution in [0.15, 0.2) is 41.6 Å². The van der Waals surface area contributed by atoms with Crippen LogP contribution in [0.5, 0.6) is 0 Å². The lowest BCUT2D eigenvalue weighted by Crippen LogP contribution is -2.15. The molecular formula is C17H14F3IN4O2S. The summed E-state index contributed by atoms with van der Waals surface area (Å²) in [5, 5.41) is 2.13. The van der Waals surface area contributed by atoms with Crippen molar-refractivity contribution < 1.29 is 21.6 Å². The molecule has 0 aliphatic rings. The summed E-state index contributed by atoms with van der Waals surface area (Å²) in [6.07, 6.45) is 1.28. The van der Waals surface area contributed by atoms with E-state index in [1.54, 1.807) is 20.0 Å². The fourth-order valence-electron chi connectivity index (χ4n) is 2.34. The number of hydrogen-bond donors (Lipinski definition) is 2. The molecule has 6 nitrogen and oxygen atoms in total. The highest BCUT2D eigenvalue weighted by molar-refractivity contribution is 14.1. The zero-order valence-corrected chi connectivity index (χ0v) is 17.6. The average molecular weight is 522 g/mol. The molecule has 0 bridgehead atoms. The monoisotopic (exact) mass is 522 g/mol. The lowest BCUT2D eigenvalue weighted by molar-refractivity contribution is 0.512. The van der Waals surface area contributed by atoms with Gasteiger partial charge >= 0.3 is 0 Å². The summed E-state index contributed by atoms with van der Waals surface area (Å²) in [6, 6.07) is 5.90. The molecule has 28 heavy (non-hydrogen) atoms. The van der Waals surface area contributed by atoms with Crippen molar-refractivity contribution in [3.8, 4) is 0 Å². The van der Waals surface area contributed by atoms with Crippen LogP contribution >= 0.6 is 22.6 Å². The van der Waals surface area contributed by atoms with E-state index in [1.165, 1.54) is 22.9 Å². The molecule has 3 aromatic rings. The zero-order valence-electron chi connectivity index (χ0n) is 14.6. The van der Waals surface area contributed by atoms with Gasteiger partial charge in [0, 0.05) is 16.8 Å². The van der Waals surface area contributed by atoms with Gasteiger partial charge in [0.15, 0.2) is 16.7 Å². The van der Waals surface area contributed by atoms with Crippen LogP contribution < -0.4 is 10.0 Å². The Bertz CT molecular complexity index is 1150. The topological polar surface area (TPSA) is 76.0 Å². The predicted octanol–water partition coefficient (Wildman–Crippen LogP) is 4.29. The molecule has 148 valence electrons. The molecule has 3 rings (SSSR count). The summed E-state index contributed by atoms with van der Waals surface area (Å²) < 4.78 is 71.7. The summed E-state index contributed by atoms with van der Waals surface area (Å²) in [4.78, 5) is 3.92. The molecule has 0 saturated carbocycles. The Hall–Kier alpha value is -2.28. The van der Waals surface area contributed by atoms with Gasteiger partial charge in [-0.1, -0.05) is 0 Å². The number of imidazole rings is 1. The van der Waals surface area contributed by atoms with Crippen LogP contribution in [0, 0.1) is 27.9 Å². The van der Waals surface area contributed by atoms with Gasteiger partial charge in [0.2, 0.25) is 0 Å². The SMILES string of the molecule is Cc1nc(S(=O)(=O)Nc2ccc(F)c(F)c2Nc2ccc(I)cc2F)cn1C. The van der Waals surface area contributed by atoms with Gasteiger partial charge in [0.05, 0.1) is 11.4 Å². The normalized spacial score (nSPS) is 11.5. The highest BCUT2D eigenvalue weighted by Crippen LogP contribution is 2.33. The molecule has 0 aliphatic heterocycles. The molecule has 0 fully saturated rings. The summed E-state index contributed by atoms with van der Waals surface area (Å²) in [5.41, 5.74) is -0.976. The van der Waals surface area contributed by atoms with Crippen LogP contribution in [0.3, 0.4) is 0 Å². The smallest absolute Gasteiger partial charge is 0.281 e. The van der Waals surface area contributed by atoms with Gasteiger partial charge in [-0.2, -0.15) is 8.42 Å². The fourth-order valence-corrected chi connectivity index (χ4v) is 3.90. The molecule has 1 heterocycles. The first-order valence-corrected chi connectivity index (χ1v) is 10.4. The third-order valence-corrected chi connectivity index (χ3v) is 5.80. The maximum Gasteiger partial charge on any atom is 0.281 e. The summed E-state index contributed by atoms with van der Waals surface area (Å²) >= 11 is 1.90. The number of nitrogens with one attached hydrogen (secondary N) is 2. The van der Waals surface area contributed by atoms with Crippen LogP contribution in [0.1, 0.15) is 5.82 Å². The molecule has 2 N–H and O–H groups in total. The van der Waals surface area contributed by atoms with E-state index in [0.29, 0.717) is 9.39 Å². The number of sulfonamides is 1. The second kappa shape index (κ2) is 7.62. The Morgan fingerprint density at radius 2 is 1.75 bits per heavy atom. The number of hydrogen-bond acceptors (Lipinski definition) is 4. The van der Waals surface area contributed by atoms with Gasteiger partial charge in [-0.3, -0.25) is 4.72 Å². The number of rotatable bonds is 5. The first kappa shape index (κ1) is 20.5. The second-order valence-electron chi connectivity index (χ2n) is 5.88. The first-order valence-electron chi connectivity index (χ1n) is 7.81. The summed E-state index contributed by atoms with van der Waals surface area (Å²) in [7, 11) is -2.57. The molecule has 0 unspecified atom stereocenters. The summed E-state index contributed by atoms with van der Waals surface area (Å²) in [6.45, 7) is 1.61. The van der Waals surface area contributed by atoms with E-state index in [4.69, 9.17) is 0 Å². The van der Waals surface area contributed by atoms with Gasteiger partial charge in [-0.15, -0.1) is 0 Å². The van der Waals surface area contributed by atoms with Crippen molar-refractivity contribution in [2.75, 3.05) is 10.0 Å². The molecule has 1 aromatic heterocycles. The van der Waals surface area contributed by atoms with Crippen molar-refractivity contribution >= 4 is 49.7 Å². The highest BCUT2D eigenvalue weighted by Gasteiger charge is 2.23. The second-order valence-corrected chi connectivity index (χ2v) is 8.75. The van der Waals surface area contributed by atoms with Crippen molar-refractivity contribution in [2.45, 2.75) is 11.9 Å². The van der Waals surface area contributed by atoms with Crippen molar-refractivity contribution in [3.63, 3.8) is 0 Å². The maximum absolute atomic E-state index is 14.4. The molecular weight excluding hydrogens is 508 g/mol. The van der Waals surface area contributed by atoms with Crippen LogP contribution in [0.4, 0.5) is 30.2 Å². The average Bonchev–Trinajstić information content (AvgIpc) is 2.96. The van der Waals surface area contributed by atoms with Gasteiger partial charge in [0.1, 0.15) is 17.3 Å². The Morgan fingerprint density at radius 1 is 1.07 bits per heavy atom. The molecule has 11 heteroatoms. The number of benzene rings is 2. The van der Waals surface area contributed by atoms with Crippen molar-refractivity contribution in [1.29, 1.82) is 0 Å². The third-order valence-electron chi connectivity index (χ3n) is 3.89. The minimum atomic E-state index is -4.18. The standard InChI is InChI=1S/C17H14F3IN4O2S/c1-9-22-15(8-25(9)2)28(26,27)24-14-6-4-11(18)16(20)17(14)23-13-5-3-10(21)7-12(13)19/h3-8,23-24H,1-2H3. The molecule has 0 saturated heterocycles. The Labute approximate surface area is 173 Å². The number of nitrogens with zero attached hydrogens (tertiary/aromatic N) is 2. The molecule has 0 spiro atoms. The minimum Gasteiger partial charge on any atom is -0.349 e. The molecule has 0 radical (unpaired) electrons. The predicted molar refractivity (Wildman–Crippen MR) is 108 cm³/mol. The first-order chi connectivity index (χ1) is 13.1. The van der Waals surface area contributed by atoms with E-state index in [0.717, 1.165) is 12.1 Å². The fraction of sp³-hybridized carbons (Fsp3) is 0.118. The van der Waals surface area contributed by atoms with Gasteiger partial charge in [-0.25, -0.2) is 18.2 Å². The molecule has 0 aliphatic carbocycles. The van der Waals surface area contributed by atoms with E-state index in [1.807, 2.05) is 22.6 Å². The van der Waals surface area contributed by atoms with E-state index in [2.05, 4.69) is 15.0 Å². The van der Waals surface area contributed by atoms with Crippen LogP contribution in [0.2, 0.25) is 0 Å². The van der Waals surface area contributed by atoms with Gasteiger partial charge in [0.25, 0.3) is 10.0 Å². The van der Waals surface area contributed by atoms with Crippen LogP contribution in [-0.4, -0.2) is 18.0 Å². The third kappa shape index (κ3) is 4.09. The summed E-state index contributed by atoms with van der Waals surface area (Å²) in [5.74, 6) is -2.82. The number of anilines is 3. The van der Waals surface area contributed by atoms with Gasteiger partial charge in [-0.05, 0) is 59.8 Å². The highest BCUT2D eigenvalue weighted by atomic mass is 127. The maximum atomic E-state index is 14.4. The van der Waals surface area contributed by atoms with E-state index < -0.39 is 33.2 Å². The molecule has 0 atom stereocenters. The largest absolute Gasteiger partial charge is 0.349 e. The van der Waals surface area contributed by atoms with Crippen LogP contribution in [0.25, 0.3) is 0 Å². The Kier molecular flexibility index (Phi) is 5.57.